The molecule has 0 aromatic heterocycles. The molecule has 4 aliphatic heterocycles. The maximum atomic E-state index is 12.3. The average molecular weight is 804 g/mol. The average Bonchev–Trinajstić information content (AvgIpc) is 3.43. The van der Waals surface area contributed by atoms with E-state index in [0.29, 0.717) is 0 Å². The summed E-state index contributed by atoms with van der Waals surface area (Å²) >= 11 is 0. The number of hydrogen-bond acceptors (Lipinski definition) is 23. The van der Waals surface area contributed by atoms with Gasteiger partial charge in [0.05, 0.1) is 44.2 Å². The quantitative estimate of drug-likeness (QED) is 0.0509. The highest BCUT2D eigenvalue weighted by molar-refractivity contribution is 6.38. The number of ketones is 2. The van der Waals surface area contributed by atoms with Crippen LogP contribution in [0.4, 0.5) is 0 Å². The lowest BCUT2D eigenvalue weighted by Crippen LogP contribution is -2.68. The first-order valence-electron chi connectivity index (χ1n) is 17.5. The van der Waals surface area contributed by atoms with Crippen LogP contribution in [0.2, 0.25) is 0 Å². The van der Waals surface area contributed by atoms with Crippen molar-refractivity contribution in [1.82, 2.24) is 16.2 Å². The molecule has 1 amide bonds. The van der Waals surface area contributed by atoms with Crippen LogP contribution in [-0.2, 0) is 47.5 Å². The van der Waals surface area contributed by atoms with E-state index in [1.165, 1.54) is 13.8 Å². The Bertz CT molecular complexity index is 1280. The summed E-state index contributed by atoms with van der Waals surface area (Å²) in [7, 11) is 0. The molecule has 4 heterocycles. The number of nitrogens with one attached hydrogen (secondary N) is 3. The molecule has 0 bridgehead atoms. The third-order valence-corrected chi connectivity index (χ3v) is 9.77. The van der Waals surface area contributed by atoms with E-state index >= 15 is 0 Å². The number of ether oxygens (including phenoxy) is 7. The first kappa shape index (κ1) is 45.7. The molecule has 318 valence electrons. The Labute approximate surface area is 313 Å². The van der Waals surface area contributed by atoms with Gasteiger partial charge in [-0.1, -0.05) is 0 Å². The van der Waals surface area contributed by atoms with Crippen molar-refractivity contribution in [2.75, 3.05) is 19.8 Å². The van der Waals surface area contributed by atoms with Gasteiger partial charge in [0.25, 0.3) is 0 Å². The molecule has 4 aliphatic rings. The standard InChI is InChI=1S/C31H53N3O21/c1-8(38)15(18(41)9(2)39)33-34-16-19(42)10(3)49-29(22(16)45)55-27-21(44)13(6-36)51-31(27)53-25-14(7-37)52-30(24(47)23(25)46)54-26-17(32-11(4)40)28(48)50-12(5-35)20(26)43/h8,10,12-17,19-31,33-38,42-48H,5-7H2,1-4H3,(H,32,40)/t8-,10-,12-,13-,14-,15-,16+,17-,19-,20-,21-,22-,23-,24-,25+,26-,27-,28+,29+,30+,31+/m1/s1. The van der Waals surface area contributed by atoms with Crippen molar-refractivity contribution in [3.05, 3.63) is 0 Å². The molecule has 14 N–H and O–H groups in total. The number of hydrazine groups is 1. The molecule has 24 nitrogen and oxygen atoms in total. The molecule has 4 rings (SSSR count). The molecule has 0 aliphatic carbocycles. The highest BCUT2D eigenvalue weighted by Crippen LogP contribution is 2.35. The van der Waals surface area contributed by atoms with Gasteiger partial charge in [-0.15, -0.1) is 0 Å². The van der Waals surface area contributed by atoms with Crippen LogP contribution in [0.1, 0.15) is 27.7 Å². The minimum absolute atomic E-state index is 0.675. The lowest BCUT2D eigenvalue weighted by Gasteiger charge is -2.47. The second kappa shape index (κ2) is 19.6. The zero-order valence-corrected chi connectivity index (χ0v) is 30.2. The van der Waals surface area contributed by atoms with Gasteiger partial charge in [-0.25, -0.2) is 10.9 Å². The van der Waals surface area contributed by atoms with Gasteiger partial charge in [0, 0.05) is 13.8 Å². The minimum Gasteiger partial charge on any atom is -0.394 e. The van der Waals surface area contributed by atoms with Crippen LogP contribution < -0.4 is 16.2 Å². The first-order chi connectivity index (χ1) is 25.9. The van der Waals surface area contributed by atoms with Gasteiger partial charge in [0.1, 0.15) is 79.2 Å². The Morgan fingerprint density at radius 1 is 0.636 bits per heavy atom. The third-order valence-electron chi connectivity index (χ3n) is 9.77. The van der Waals surface area contributed by atoms with E-state index in [1.54, 1.807) is 0 Å². The number of hydrogen-bond donors (Lipinski definition) is 14. The van der Waals surface area contributed by atoms with Crippen molar-refractivity contribution in [2.24, 2.45) is 0 Å². The van der Waals surface area contributed by atoms with E-state index in [1.807, 2.05) is 0 Å². The van der Waals surface area contributed by atoms with Crippen LogP contribution in [-0.4, -0.2) is 222 Å². The van der Waals surface area contributed by atoms with E-state index < -0.39 is 166 Å². The number of carbonyl (C=O) groups excluding carboxylic acids is 3. The lowest BCUT2D eigenvalue weighted by molar-refractivity contribution is -0.361. The van der Waals surface area contributed by atoms with Crippen LogP contribution in [0.15, 0.2) is 0 Å². The highest BCUT2D eigenvalue weighted by Gasteiger charge is 2.55. The molecule has 0 unspecified atom stereocenters. The Morgan fingerprint density at radius 3 is 1.73 bits per heavy atom. The second-order valence-electron chi connectivity index (χ2n) is 13.8. The zero-order chi connectivity index (χ0) is 41.0. The maximum Gasteiger partial charge on any atom is 0.218 e. The number of carbonyl (C=O) groups is 3. The highest BCUT2D eigenvalue weighted by atomic mass is 16.8. The largest absolute Gasteiger partial charge is 0.394 e. The van der Waals surface area contributed by atoms with Crippen molar-refractivity contribution in [2.45, 2.75) is 156 Å². The molecule has 4 saturated heterocycles. The number of amides is 1. The van der Waals surface area contributed by atoms with Gasteiger partial charge in [0.15, 0.2) is 30.9 Å². The molecule has 55 heavy (non-hydrogen) atoms. The van der Waals surface area contributed by atoms with Crippen molar-refractivity contribution >= 4 is 17.5 Å². The van der Waals surface area contributed by atoms with Crippen LogP contribution >= 0.6 is 0 Å². The van der Waals surface area contributed by atoms with Gasteiger partial charge < -0.3 is 94.6 Å². The molecule has 0 radical (unpaired) electrons. The lowest BCUT2D eigenvalue weighted by atomic mass is 9.95. The number of Topliss-reactive ketones (excluding diaryl/α,β-unsaturated/α-hetero) is 2. The fourth-order valence-electron chi connectivity index (χ4n) is 6.67. The van der Waals surface area contributed by atoms with E-state index in [0.717, 1.165) is 13.8 Å². The van der Waals surface area contributed by atoms with Crippen LogP contribution in [0.5, 0.6) is 0 Å². The van der Waals surface area contributed by atoms with Crippen molar-refractivity contribution in [3.8, 4) is 0 Å². The first-order valence-corrected chi connectivity index (χ1v) is 17.5. The number of aliphatic hydroxyl groups excluding tert-OH is 11. The summed E-state index contributed by atoms with van der Waals surface area (Å²) in [6, 6.07) is -4.33. The Hall–Kier alpha value is -1.99. The monoisotopic (exact) mass is 803 g/mol. The summed E-state index contributed by atoms with van der Waals surface area (Å²) < 4.78 is 39.5. The smallest absolute Gasteiger partial charge is 0.218 e. The fourth-order valence-corrected chi connectivity index (χ4v) is 6.67. The summed E-state index contributed by atoms with van der Waals surface area (Å²) in [6.45, 7) is 2.22. The van der Waals surface area contributed by atoms with E-state index in [9.17, 15) is 70.6 Å². The molecule has 0 aromatic rings. The van der Waals surface area contributed by atoms with Gasteiger partial charge in [-0.2, -0.15) is 0 Å². The summed E-state index contributed by atoms with van der Waals surface area (Å²) in [5.41, 5.74) is 4.95. The van der Waals surface area contributed by atoms with E-state index in [2.05, 4.69) is 16.2 Å². The second-order valence-corrected chi connectivity index (χ2v) is 13.8. The van der Waals surface area contributed by atoms with E-state index in [4.69, 9.17) is 33.2 Å². The van der Waals surface area contributed by atoms with Crippen LogP contribution in [0, 0.1) is 0 Å². The SMILES string of the molecule is CC(=O)N[C@@H]1[C@@H](O[C@@H]2O[C@H](CO)[C@H](O[C@@H]3O[C@H](CO)[C@@H](O)[C@H]3O[C@@H]3O[C@H](C)[C@@H](O)[C@H](NN[C@@H](C(=O)C(C)=O)[C@@H](C)O)[C@H]3O)[C@H](O)[C@H]2O)[C@H](O)[C@@H](CO)O[C@@H]1O. The molecular formula is C31H53N3O21. The predicted molar refractivity (Wildman–Crippen MR) is 173 cm³/mol. The molecule has 0 saturated carbocycles. The van der Waals surface area contributed by atoms with Crippen molar-refractivity contribution in [3.63, 3.8) is 0 Å². The van der Waals surface area contributed by atoms with Gasteiger partial charge in [0.2, 0.25) is 11.7 Å². The summed E-state index contributed by atoms with van der Waals surface area (Å²) in [5, 5.41) is 119. The predicted octanol–water partition coefficient (Wildman–Crippen LogP) is -8.93. The van der Waals surface area contributed by atoms with Gasteiger partial charge in [-0.3, -0.25) is 14.4 Å². The van der Waals surface area contributed by atoms with Gasteiger partial charge in [-0.05, 0) is 13.8 Å². The molecule has 21 atom stereocenters. The van der Waals surface area contributed by atoms with E-state index in [-0.39, 0.29) is 0 Å². The molecular weight excluding hydrogens is 750 g/mol. The van der Waals surface area contributed by atoms with Crippen molar-refractivity contribution in [1.29, 1.82) is 0 Å². The summed E-state index contributed by atoms with van der Waals surface area (Å²) in [5.74, 6) is -2.55. The molecule has 0 spiro atoms. The summed E-state index contributed by atoms with van der Waals surface area (Å²) in [6.07, 6.45) is -29.6. The zero-order valence-electron chi connectivity index (χ0n) is 30.2. The van der Waals surface area contributed by atoms with Crippen molar-refractivity contribution < 1.29 is 104 Å². The molecule has 0 aromatic carbocycles. The molecule has 24 heteroatoms. The Morgan fingerprint density at radius 2 is 1.16 bits per heavy atom. The minimum atomic E-state index is -2.03. The fraction of sp³-hybridized carbons (Fsp3) is 0.903. The van der Waals surface area contributed by atoms with Crippen LogP contribution in [0.3, 0.4) is 0 Å². The summed E-state index contributed by atoms with van der Waals surface area (Å²) in [4.78, 5) is 35.8. The molecule has 4 fully saturated rings. The number of rotatable bonds is 16. The van der Waals surface area contributed by atoms with Crippen LogP contribution in [0.25, 0.3) is 0 Å². The third kappa shape index (κ3) is 10.2. The normalized spacial score (nSPS) is 44.8. The Balaban J connectivity index is 1.50. The Kier molecular flexibility index (Phi) is 16.3. The number of aliphatic hydroxyl groups is 11. The topological polar surface area (TPSA) is 374 Å². The van der Waals surface area contributed by atoms with Gasteiger partial charge >= 0.3 is 0 Å². The maximum absolute atomic E-state index is 12.3.